The quantitative estimate of drug-likeness (QED) is 0.463. The maximum Gasteiger partial charge on any atom is 0.247 e. The van der Waals surface area contributed by atoms with Crippen LogP contribution in [0, 0.1) is 0 Å². The van der Waals surface area contributed by atoms with Gasteiger partial charge in [0.25, 0.3) is 0 Å². The molecule has 1 saturated heterocycles. The number of benzene rings is 1. The molecule has 2 aliphatic heterocycles. The number of carbonyl (C=O) groups is 1. The minimum absolute atomic E-state index is 0.0965. The third-order valence-corrected chi connectivity index (χ3v) is 6.34. The van der Waals surface area contributed by atoms with Crippen molar-refractivity contribution in [2.24, 2.45) is 0 Å². The van der Waals surface area contributed by atoms with Gasteiger partial charge in [0.05, 0.1) is 50.5 Å². The monoisotopic (exact) mass is 459 g/mol. The highest BCUT2D eigenvalue weighted by atomic mass is 16.5. The topological polar surface area (TPSA) is 106 Å². The Labute approximate surface area is 196 Å². The molecule has 174 valence electrons. The molecule has 0 spiro atoms. The van der Waals surface area contributed by atoms with E-state index in [4.69, 9.17) is 4.74 Å². The van der Waals surface area contributed by atoms with Crippen LogP contribution in [0.3, 0.4) is 0 Å². The first-order valence-corrected chi connectivity index (χ1v) is 11.3. The summed E-state index contributed by atoms with van der Waals surface area (Å²) in [7, 11) is 1.80. The maximum atomic E-state index is 12.0. The molecule has 0 atom stereocenters. The van der Waals surface area contributed by atoms with Crippen LogP contribution in [0.25, 0.3) is 16.9 Å². The second-order valence-electron chi connectivity index (χ2n) is 8.54. The molecule has 0 saturated carbocycles. The zero-order valence-electron chi connectivity index (χ0n) is 18.9. The van der Waals surface area contributed by atoms with E-state index in [1.165, 1.54) is 0 Å². The van der Waals surface area contributed by atoms with E-state index in [2.05, 4.69) is 30.4 Å². The number of hydrogen-bond acceptors (Lipinski definition) is 8. The fraction of sp³-hybridized carbons (Fsp3) is 0.348. The van der Waals surface area contributed by atoms with Crippen molar-refractivity contribution in [3.63, 3.8) is 0 Å². The van der Waals surface area contributed by atoms with Gasteiger partial charge in [-0.1, -0.05) is 0 Å². The second-order valence-corrected chi connectivity index (χ2v) is 8.54. The molecule has 0 radical (unpaired) electrons. The molecule has 2 aliphatic rings. The van der Waals surface area contributed by atoms with Gasteiger partial charge in [-0.25, -0.2) is 4.52 Å². The number of carbonyl (C=O) groups excluding carboxylic acids is 1. The Balaban J connectivity index is 1.21. The van der Waals surface area contributed by atoms with E-state index in [1.54, 1.807) is 28.9 Å². The molecular formula is C23H25N9O2. The van der Waals surface area contributed by atoms with Crippen LogP contribution in [0.2, 0.25) is 0 Å². The number of hydrogen-bond donors (Lipinski definition) is 1. The van der Waals surface area contributed by atoms with Gasteiger partial charge < -0.3 is 15.0 Å². The van der Waals surface area contributed by atoms with Crippen molar-refractivity contribution >= 4 is 28.9 Å². The van der Waals surface area contributed by atoms with Crippen molar-refractivity contribution < 1.29 is 9.53 Å². The lowest BCUT2D eigenvalue weighted by atomic mass is 10.1. The van der Waals surface area contributed by atoms with E-state index >= 15 is 0 Å². The van der Waals surface area contributed by atoms with Crippen molar-refractivity contribution in [3.8, 4) is 11.3 Å². The standard InChI is InChI=1S/C23H25N9O2/c1-29-19-3-2-18(10-16(19)11-22(29)33)26-23-27-21-14-24-13-20(32(21)28-23)17-12-25-31(15-17)5-4-30-6-8-34-9-7-30/h2-3,10,12-15H,4-9,11H2,1H3,(H,26,28). The molecule has 5 heterocycles. The summed E-state index contributed by atoms with van der Waals surface area (Å²) in [4.78, 5) is 25.0. The van der Waals surface area contributed by atoms with Gasteiger partial charge in [-0.3, -0.25) is 19.4 Å². The summed E-state index contributed by atoms with van der Waals surface area (Å²) in [5.74, 6) is 0.561. The zero-order chi connectivity index (χ0) is 23.1. The van der Waals surface area contributed by atoms with Crippen LogP contribution in [0.5, 0.6) is 0 Å². The summed E-state index contributed by atoms with van der Waals surface area (Å²) in [6, 6.07) is 5.84. The van der Waals surface area contributed by atoms with Crippen LogP contribution in [0.4, 0.5) is 17.3 Å². The molecule has 0 unspecified atom stereocenters. The summed E-state index contributed by atoms with van der Waals surface area (Å²) in [6.07, 6.45) is 7.70. The number of rotatable bonds is 6. The summed E-state index contributed by atoms with van der Waals surface area (Å²) >= 11 is 0. The van der Waals surface area contributed by atoms with Crippen molar-refractivity contribution in [3.05, 3.63) is 48.5 Å². The number of nitrogens with one attached hydrogen (secondary N) is 1. The highest BCUT2D eigenvalue weighted by molar-refractivity contribution is 6.01. The van der Waals surface area contributed by atoms with Crippen LogP contribution >= 0.6 is 0 Å². The Morgan fingerprint density at radius 3 is 2.88 bits per heavy atom. The molecule has 0 aliphatic carbocycles. The minimum Gasteiger partial charge on any atom is -0.379 e. The number of morpholine rings is 1. The van der Waals surface area contributed by atoms with Gasteiger partial charge in [0.2, 0.25) is 11.9 Å². The molecule has 6 rings (SSSR count). The van der Waals surface area contributed by atoms with E-state index in [0.717, 1.165) is 67.6 Å². The average Bonchev–Trinajstić information content (AvgIpc) is 3.56. The van der Waals surface area contributed by atoms with Crippen molar-refractivity contribution in [1.29, 1.82) is 0 Å². The number of fused-ring (bicyclic) bond motifs is 2. The molecule has 3 aromatic heterocycles. The third kappa shape index (κ3) is 3.88. The molecular weight excluding hydrogens is 434 g/mol. The van der Waals surface area contributed by atoms with Crippen LogP contribution in [0.15, 0.2) is 43.0 Å². The molecule has 1 amide bonds. The van der Waals surface area contributed by atoms with E-state index in [9.17, 15) is 4.79 Å². The van der Waals surface area contributed by atoms with Crippen LogP contribution in [0.1, 0.15) is 5.56 Å². The average molecular weight is 460 g/mol. The van der Waals surface area contributed by atoms with Crippen molar-refractivity contribution in [2.75, 3.05) is 50.1 Å². The van der Waals surface area contributed by atoms with Gasteiger partial charge in [0.1, 0.15) is 0 Å². The largest absolute Gasteiger partial charge is 0.379 e. The van der Waals surface area contributed by atoms with E-state index < -0.39 is 0 Å². The molecule has 34 heavy (non-hydrogen) atoms. The van der Waals surface area contributed by atoms with Crippen LogP contribution in [-0.2, 0) is 22.5 Å². The van der Waals surface area contributed by atoms with E-state index in [0.29, 0.717) is 18.0 Å². The lowest BCUT2D eigenvalue weighted by molar-refractivity contribution is -0.117. The summed E-state index contributed by atoms with van der Waals surface area (Å²) < 4.78 is 9.13. The molecule has 4 aromatic rings. The lowest BCUT2D eigenvalue weighted by Crippen LogP contribution is -2.38. The van der Waals surface area contributed by atoms with Crippen LogP contribution in [-0.4, -0.2) is 80.1 Å². The van der Waals surface area contributed by atoms with Crippen molar-refractivity contribution in [2.45, 2.75) is 13.0 Å². The summed E-state index contributed by atoms with van der Waals surface area (Å²) in [5.41, 5.74) is 5.15. The highest BCUT2D eigenvalue weighted by Gasteiger charge is 2.24. The molecule has 11 nitrogen and oxygen atoms in total. The fourth-order valence-electron chi connectivity index (χ4n) is 4.43. The predicted molar refractivity (Wildman–Crippen MR) is 126 cm³/mol. The molecule has 11 heteroatoms. The summed E-state index contributed by atoms with van der Waals surface area (Å²) in [6.45, 7) is 5.26. The Morgan fingerprint density at radius 1 is 1.12 bits per heavy atom. The SMILES string of the molecule is CN1C(=O)Cc2cc(Nc3nc4cncc(-c5cnn(CCN6CCOCC6)c5)n4n3)ccc21. The molecule has 1 aromatic carbocycles. The first-order valence-electron chi connectivity index (χ1n) is 11.3. The first-order chi connectivity index (χ1) is 16.6. The van der Waals surface area contributed by atoms with Crippen molar-refractivity contribution in [1.82, 2.24) is 34.3 Å². The van der Waals surface area contributed by atoms with Gasteiger partial charge in [-0.15, -0.1) is 5.10 Å². The Bertz CT molecular complexity index is 1360. The van der Waals surface area contributed by atoms with Crippen LogP contribution < -0.4 is 10.2 Å². The Morgan fingerprint density at radius 2 is 2.00 bits per heavy atom. The smallest absolute Gasteiger partial charge is 0.247 e. The maximum absolute atomic E-state index is 12.0. The number of amides is 1. The van der Waals surface area contributed by atoms with Gasteiger partial charge in [-0.2, -0.15) is 10.1 Å². The number of likely N-dealkylation sites (N-methyl/N-ethyl adjacent to an activating group) is 1. The van der Waals surface area contributed by atoms with Gasteiger partial charge in [0, 0.05) is 49.8 Å². The highest BCUT2D eigenvalue weighted by Crippen LogP contribution is 2.31. The number of aromatic nitrogens is 6. The summed E-state index contributed by atoms with van der Waals surface area (Å²) in [5, 5.41) is 12.4. The lowest BCUT2D eigenvalue weighted by Gasteiger charge is -2.26. The number of nitrogens with zero attached hydrogens (tertiary/aromatic N) is 8. The second kappa shape index (κ2) is 8.50. The zero-order valence-corrected chi connectivity index (χ0v) is 18.9. The normalized spacial score (nSPS) is 16.4. The Kier molecular flexibility index (Phi) is 5.19. The molecule has 1 N–H and O–H groups in total. The van der Waals surface area contributed by atoms with Gasteiger partial charge in [-0.05, 0) is 23.8 Å². The molecule has 0 bridgehead atoms. The minimum atomic E-state index is 0.0965. The number of ether oxygens (including phenoxy) is 1. The fourth-order valence-corrected chi connectivity index (χ4v) is 4.43. The predicted octanol–water partition coefficient (Wildman–Crippen LogP) is 1.58. The van der Waals surface area contributed by atoms with Gasteiger partial charge in [0.15, 0.2) is 5.65 Å². The Hall–Kier alpha value is -3.83. The molecule has 1 fully saturated rings. The first kappa shape index (κ1) is 20.8. The number of anilines is 3. The third-order valence-electron chi connectivity index (χ3n) is 6.34. The van der Waals surface area contributed by atoms with E-state index in [1.807, 2.05) is 35.3 Å². The van der Waals surface area contributed by atoms with Gasteiger partial charge >= 0.3 is 0 Å². The van der Waals surface area contributed by atoms with E-state index in [-0.39, 0.29) is 5.91 Å².